The highest BCUT2D eigenvalue weighted by molar-refractivity contribution is 7.99. The van der Waals surface area contributed by atoms with Gasteiger partial charge < -0.3 is 14.8 Å². The zero-order valence-electron chi connectivity index (χ0n) is 18.2. The van der Waals surface area contributed by atoms with Crippen LogP contribution in [0.3, 0.4) is 0 Å². The predicted octanol–water partition coefficient (Wildman–Crippen LogP) is 4.26. The van der Waals surface area contributed by atoms with Crippen molar-refractivity contribution in [3.05, 3.63) is 36.2 Å². The van der Waals surface area contributed by atoms with Crippen LogP contribution >= 0.6 is 11.8 Å². The molecular formula is C23H28N4O3S. The molecule has 31 heavy (non-hydrogen) atoms. The monoisotopic (exact) mass is 440 g/mol. The molecule has 1 fully saturated rings. The first kappa shape index (κ1) is 21.5. The summed E-state index contributed by atoms with van der Waals surface area (Å²) >= 11 is 1.49. The second-order valence-electron chi connectivity index (χ2n) is 7.79. The van der Waals surface area contributed by atoms with E-state index in [1.54, 1.807) is 24.9 Å². The lowest BCUT2D eigenvalue weighted by molar-refractivity contribution is -0.119. The van der Waals surface area contributed by atoms with Crippen LogP contribution in [0.1, 0.15) is 37.8 Å². The number of benzene rings is 1. The number of hydrogen-bond acceptors (Lipinski definition) is 6. The summed E-state index contributed by atoms with van der Waals surface area (Å²) in [4.78, 5) is 17.2. The van der Waals surface area contributed by atoms with Gasteiger partial charge in [0.25, 0.3) is 0 Å². The van der Waals surface area contributed by atoms with Gasteiger partial charge in [0, 0.05) is 17.3 Å². The third-order valence-corrected chi connectivity index (χ3v) is 6.58. The minimum atomic E-state index is 0.0757. The van der Waals surface area contributed by atoms with Crippen LogP contribution in [-0.2, 0) is 4.79 Å². The largest absolute Gasteiger partial charge is 0.493 e. The average Bonchev–Trinajstić information content (AvgIpc) is 3.21. The van der Waals surface area contributed by atoms with Gasteiger partial charge in [-0.1, -0.05) is 37.1 Å². The summed E-state index contributed by atoms with van der Waals surface area (Å²) in [6.45, 7) is 1.96. The van der Waals surface area contributed by atoms with Gasteiger partial charge in [-0.3, -0.25) is 4.79 Å². The number of fused-ring (bicyclic) bond motifs is 1. The molecule has 1 aliphatic carbocycles. The molecule has 1 saturated carbocycles. The van der Waals surface area contributed by atoms with Crippen molar-refractivity contribution in [3.63, 3.8) is 0 Å². The number of nitrogens with zero attached hydrogens (tertiary/aromatic N) is 3. The van der Waals surface area contributed by atoms with Crippen molar-refractivity contribution in [1.29, 1.82) is 0 Å². The Bertz CT molecular complexity index is 1080. The molecule has 0 aliphatic heterocycles. The number of ether oxygens (including phenoxy) is 2. The fourth-order valence-corrected chi connectivity index (χ4v) is 4.89. The third-order valence-electron chi connectivity index (χ3n) is 5.58. The van der Waals surface area contributed by atoms with Crippen molar-refractivity contribution < 1.29 is 14.3 Å². The third kappa shape index (κ3) is 4.79. The van der Waals surface area contributed by atoms with E-state index in [2.05, 4.69) is 10.4 Å². The van der Waals surface area contributed by atoms with Crippen molar-refractivity contribution in [1.82, 2.24) is 19.9 Å². The van der Waals surface area contributed by atoms with E-state index < -0.39 is 0 Å². The molecule has 0 spiro atoms. The highest BCUT2D eigenvalue weighted by atomic mass is 32.2. The number of aromatic nitrogens is 3. The Morgan fingerprint density at radius 3 is 2.68 bits per heavy atom. The zero-order valence-corrected chi connectivity index (χ0v) is 19.0. The number of rotatable bonds is 7. The Hall–Kier alpha value is -2.74. The number of amides is 1. The maximum absolute atomic E-state index is 12.5. The Morgan fingerprint density at radius 1 is 1.16 bits per heavy atom. The van der Waals surface area contributed by atoms with Crippen molar-refractivity contribution in [2.45, 2.75) is 50.1 Å². The molecule has 0 saturated heterocycles. The lowest BCUT2D eigenvalue weighted by atomic mass is 9.95. The number of hydrogen-bond donors (Lipinski definition) is 1. The molecule has 1 aliphatic rings. The molecule has 3 aromatic rings. The fraction of sp³-hybridized carbons (Fsp3) is 0.435. The van der Waals surface area contributed by atoms with Gasteiger partial charge in [0.15, 0.2) is 17.1 Å². The number of nitrogens with one attached hydrogen (secondary N) is 1. The summed E-state index contributed by atoms with van der Waals surface area (Å²) in [5.74, 6) is 1.76. The molecule has 1 amide bonds. The summed E-state index contributed by atoms with van der Waals surface area (Å²) in [5.41, 5.74) is 3.47. The number of carbonyl (C=O) groups excluding carboxylic acids is 1. The topological polar surface area (TPSA) is 77.8 Å². The Labute approximate surface area is 186 Å². The Kier molecular flexibility index (Phi) is 6.65. The lowest BCUT2D eigenvalue weighted by Crippen LogP contribution is -2.37. The SMILES string of the molecule is COc1ccc(-c2cnn3c(SCC(=O)NC4CCCCC4)cc(C)nc23)cc1OC. The summed E-state index contributed by atoms with van der Waals surface area (Å²) in [5, 5.41) is 8.63. The smallest absolute Gasteiger partial charge is 0.230 e. The van der Waals surface area contributed by atoms with E-state index in [0.717, 1.165) is 40.3 Å². The van der Waals surface area contributed by atoms with Crippen LogP contribution < -0.4 is 14.8 Å². The highest BCUT2D eigenvalue weighted by Gasteiger charge is 2.18. The Morgan fingerprint density at radius 2 is 1.94 bits per heavy atom. The first-order valence-corrected chi connectivity index (χ1v) is 11.6. The van der Waals surface area contributed by atoms with Crippen LogP contribution in [0.15, 0.2) is 35.5 Å². The molecular weight excluding hydrogens is 412 g/mol. The molecule has 164 valence electrons. The molecule has 2 aromatic heterocycles. The first-order chi connectivity index (χ1) is 15.1. The number of carbonyl (C=O) groups is 1. The van der Waals surface area contributed by atoms with Gasteiger partial charge in [-0.05, 0) is 43.5 Å². The standard InChI is InChI=1S/C23H28N4O3S/c1-15-11-22(31-14-21(28)26-17-7-5-4-6-8-17)27-23(25-15)18(13-24-27)16-9-10-19(29-2)20(12-16)30-3/h9-13,17H,4-8,14H2,1-3H3,(H,26,28). The van der Waals surface area contributed by atoms with Gasteiger partial charge in [-0.25, -0.2) is 9.50 Å². The van der Waals surface area contributed by atoms with Gasteiger partial charge in [0.2, 0.25) is 5.91 Å². The van der Waals surface area contributed by atoms with Gasteiger partial charge in [0.05, 0.1) is 26.2 Å². The second-order valence-corrected chi connectivity index (χ2v) is 8.79. The van der Waals surface area contributed by atoms with Crippen molar-refractivity contribution in [2.75, 3.05) is 20.0 Å². The van der Waals surface area contributed by atoms with Gasteiger partial charge in [0.1, 0.15) is 5.03 Å². The second kappa shape index (κ2) is 9.60. The quantitative estimate of drug-likeness (QED) is 0.437. The van der Waals surface area contributed by atoms with E-state index in [0.29, 0.717) is 23.3 Å². The zero-order chi connectivity index (χ0) is 21.8. The molecule has 0 radical (unpaired) electrons. The van der Waals surface area contributed by atoms with E-state index >= 15 is 0 Å². The minimum Gasteiger partial charge on any atom is -0.493 e. The molecule has 7 nitrogen and oxygen atoms in total. The number of methoxy groups -OCH3 is 2. The Balaban J connectivity index is 1.56. The lowest BCUT2D eigenvalue weighted by Gasteiger charge is -2.22. The molecule has 1 N–H and O–H groups in total. The summed E-state index contributed by atoms with van der Waals surface area (Å²) in [7, 11) is 3.24. The molecule has 0 atom stereocenters. The minimum absolute atomic E-state index is 0.0757. The van der Waals surface area contributed by atoms with E-state index in [1.165, 1.54) is 31.0 Å². The predicted molar refractivity (Wildman–Crippen MR) is 122 cm³/mol. The van der Waals surface area contributed by atoms with E-state index in [4.69, 9.17) is 14.5 Å². The molecule has 2 heterocycles. The van der Waals surface area contributed by atoms with Crippen molar-refractivity contribution in [3.8, 4) is 22.6 Å². The van der Waals surface area contributed by atoms with Crippen LogP contribution in [0, 0.1) is 6.92 Å². The summed E-state index contributed by atoms with van der Waals surface area (Å²) < 4.78 is 12.6. The fourth-order valence-electron chi connectivity index (χ4n) is 4.02. The van der Waals surface area contributed by atoms with Crippen LogP contribution in [0.5, 0.6) is 11.5 Å². The average molecular weight is 441 g/mol. The van der Waals surface area contributed by atoms with Crippen LogP contribution in [0.4, 0.5) is 0 Å². The van der Waals surface area contributed by atoms with Gasteiger partial charge in [-0.2, -0.15) is 5.10 Å². The number of aryl methyl sites for hydroxylation is 1. The summed E-state index contributed by atoms with van der Waals surface area (Å²) in [6.07, 6.45) is 7.65. The van der Waals surface area contributed by atoms with E-state index in [-0.39, 0.29) is 5.91 Å². The number of thioether (sulfide) groups is 1. The van der Waals surface area contributed by atoms with Crippen LogP contribution in [0.25, 0.3) is 16.8 Å². The summed E-state index contributed by atoms with van der Waals surface area (Å²) in [6, 6.07) is 8.05. The normalized spacial score (nSPS) is 14.5. The molecule has 0 bridgehead atoms. The van der Waals surface area contributed by atoms with Crippen LogP contribution in [-0.4, -0.2) is 46.5 Å². The molecule has 1 aromatic carbocycles. The van der Waals surface area contributed by atoms with Gasteiger partial charge in [-0.15, -0.1) is 0 Å². The van der Waals surface area contributed by atoms with Crippen molar-refractivity contribution >= 4 is 23.3 Å². The van der Waals surface area contributed by atoms with E-state index in [1.807, 2.05) is 31.2 Å². The molecule has 4 rings (SSSR count). The molecule has 8 heteroatoms. The van der Waals surface area contributed by atoms with E-state index in [9.17, 15) is 4.79 Å². The van der Waals surface area contributed by atoms with Crippen molar-refractivity contribution in [2.24, 2.45) is 0 Å². The van der Waals surface area contributed by atoms with Gasteiger partial charge >= 0.3 is 0 Å². The maximum Gasteiger partial charge on any atom is 0.230 e. The highest BCUT2D eigenvalue weighted by Crippen LogP contribution is 2.34. The molecule has 0 unspecified atom stereocenters. The maximum atomic E-state index is 12.5. The van der Waals surface area contributed by atoms with Crippen LogP contribution in [0.2, 0.25) is 0 Å². The first-order valence-electron chi connectivity index (χ1n) is 10.6.